The monoisotopic (exact) mass is 293 g/mol. The van der Waals surface area contributed by atoms with Gasteiger partial charge in [0.1, 0.15) is 18.1 Å². The molecular formula is C12H15N5O4. The van der Waals surface area contributed by atoms with E-state index in [2.05, 4.69) is 15.6 Å². The van der Waals surface area contributed by atoms with Crippen molar-refractivity contribution in [1.29, 1.82) is 0 Å². The summed E-state index contributed by atoms with van der Waals surface area (Å²) in [5, 5.41) is 16.2. The summed E-state index contributed by atoms with van der Waals surface area (Å²) >= 11 is 0. The summed E-state index contributed by atoms with van der Waals surface area (Å²) in [6.07, 6.45) is 1.08. The van der Waals surface area contributed by atoms with Gasteiger partial charge in [-0.15, -0.1) is 0 Å². The minimum atomic E-state index is -0.629. The summed E-state index contributed by atoms with van der Waals surface area (Å²) in [6.45, 7) is 2.31. The van der Waals surface area contributed by atoms with Crippen molar-refractivity contribution in [2.75, 3.05) is 25.5 Å². The van der Waals surface area contributed by atoms with E-state index in [9.17, 15) is 19.7 Å². The third-order valence-corrected chi connectivity index (χ3v) is 3.31. The lowest BCUT2D eigenvalue weighted by Gasteiger charge is -2.33. The Morgan fingerprint density at radius 2 is 2.33 bits per heavy atom. The molecule has 1 unspecified atom stereocenters. The van der Waals surface area contributed by atoms with Crippen molar-refractivity contribution in [2.24, 2.45) is 0 Å². The molecule has 2 heterocycles. The van der Waals surface area contributed by atoms with Gasteiger partial charge in [-0.2, -0.15) is 0 Å². The molecule has 9 heteroatoms. The molecule has 2 N–H and O–H groups in total. The zero-order chi connectivity index (χ0) is 15.6. The molecule has 1 atom stereocenters. The number of carbonyl (C=O) groups is 2. The number of aromatic nitrogens is 1. The molecule has 2 rings (SSSR count). The normalized spacial score (nSPS) is 18.1. The predicted octanol–water partition coefficient (Wildman–Crippen LogP) is -0.00800. The lowest BCUT2D eigenvalue weighted by molar-refractivity contribution is -0.385. The number of nitro groups is 1. The fourth-order valence-electron chi connectivity index (χ4n) is 2.13. The third-order valence-electron chi connectivity index (χ3n) is 3.31. The standard InChI is InChI=1S/C12H15N5O4/c1-7-11(18)14-3-4-16(7)12(19)9-5-8(17(20)21)6-15-10(9)13-2/h5-7H,3-4H2,1-2H3,(H,13,15)(H,14,18). The van der Waals surface area contributed by atoms with Gasteiger partial charge < -0.3 is 15.5 Å². The van der Waals surface area contributed by atoms with Crippen LogP contribution >= 0.6 is 0 Å². The Balaban J connectivity index is 2.39. The van der Waals surface area contributed by atoms with Crippen molar-refractivity contribution in [2.45, 2.75) is 13.0 Å². The minimum Gasteiger partial charge on any atom is -0.372 e. The zero-order valence-electron chi connectivity index (χ0n) is 11.6. The molecule has 1 aromatic rings. The molecule has 1 aliphatic rings. The molecule has 1 saturated heterocycles. The van der Waals surface area contributed by atoms with Gasteiger partial charge in [-0.25, -0.2) is 4.98 Å². The van der Waals surface area contributed by atoms with Crippen molar-refractivity contribution in [3.05, 3.63) is 27.9 Å². The van der Waals surface area contributed by atoms with Crippen molar-refractivity contribution < 1.29 is 14.5 Å². The van der Waals surface area contributed by atoms with E-state index >= 15 is 0 Å². The SMILES string of the molecule is CNc1ncc([N+](=O)[O-])cc1C(=O)N1CCNC(=O)C1C. The third kappa shape index (κ3) is 2.76. The van der Waals surface area contributed by atoms with Crippen LogP contribution in [0.2, 0.25) is 0 Å². The number of hydrogen-bond acceptors (Lipinski definition) is 6. The quantitative estimate of drug-likeness (QED) is 0.598. The van der Waals surface area contributed by atoms with Gasteiger partial charge in [-0.3, -0.25) is 19.7 Å². The smallest absolute Gasteiger partial charge is 0.288 e. The molecule has 1 aromatic heterocycles. The minimum absolute atomic E-state index is 0.0771. The van der Waals surface area contributed by atoms with Crippen LogP contribution < -0.4 is 10.6 Å². The molecule has 21 heavy (non-hydrogen) atoms. The first kappa shape index (κ1) is 14.7. The number of rotatable bonds is 3. The van der Waals surface area contributed by atoms with Gasteiger partial charge in [0.2, 0.25) is 5.91 Å². The van der Waals surface area contributed by atoms with E-state index in [-0.39, 0.29) is 23.0 Å². The van der Waals surface area contributed by atoms with E-state index in [0.29, 0.717) is 13.1 Å². The molecule has 0 aromatic carbocycles. The van der Waals surface area contributed by atoms with E-state index in [1.807, 2.05) is 0 Å². The summed E-state index contributed by atoms with van der Waals surface area (Å²) in [5.74, 6) is -0.472. The Kier molecular flexibility index (Phi) is 4.01. The van der Waals surface area contributed by atoms with Crippen molar-refractivity contribution in [1.82, 2.24) is 15.2 Å². The maximum Gasteiger partial charge on any atom is 0.288 e. The van der Waals surface area contributed by atoms with E-state index in [1.54, 1.807) is 14.0 Å². The van der Waals surface area contributed by atoms with Crippen molar-refractivity contribution in [3.63, 3.8) is 0 Å². The van der Waals surface area contributed by atoms with Gasteiger partial charge in [-0.05, 0) is 6.92 Å². The molecule has 1 aliphatic heterocycles. The molecule has 9 nitrogen and oxygen atoms in total. The number of nitrogens with zero attached hydrogens (tertiary/aromatic N) is 3. The Morgan fingerprint density at radius 3 is 2.95 bits per heavy atom. The summed E-state index contributed by atoms with van der Waals surface area (Å²) in [6, 6.07) is 0.538. The number of hydrogen-bond donors (Lipinski definition) is 2. The first-order chi connectivity index (χ1) is 9.95. The van der Waals surface area contributed by atoms with Crippen LogP contribution in [0.1, 0.15) is 17.3 Å². The van der Waals surface area contributed by atoms with Crippen LogP contribution in [-0.4, -0.2) is 52.8 Å². The van der Waals surface area contributed by atoms with Gasteiger partial charge in [0.15, 0.2) is 0 Å². The Bertz CT molecular complexity index is 603. The van der Waals surface area contributed by atoms with Crippen LogP contribution in [0.25, 0.3) is 0 Å². The lowest BCUT2D eigenvalue weighted by atomic mass is 10.1. The van der Waals surface area contributed by atoms with Gasteiger partial charge in [0.05, 0.1) is 10.5 Å². The second-order valence-corrected chi connectivity index (χ2v) is 4.56. The maximum atomic E-state index is 12.6. The lowest BCUT2D eigenvalue weighted by Crippen LogP contribution is -2.55. The second-order valence-electron chi connectivity index (χ2n) is 4.56. The van der Waals surface area contributed by atoms with E-state index in [0.717, 1.165) is 6.20 Å². The molecule has 0 aliphatic carbocycles. The highest BCUT2D eigenvalue weighted by Gasteiger charge is 2.32. The molecule has 0 spiro atoms. The highest BCUT2D eigenvalue weighted by molar-refractivity contribution is 6.02. The van der Waals surface area contributed by atoms with Crippen LogP contribution in [0.4, 0.5) is 11.5 Å². The van der Waals surface area contributed by atoms with Crippen LogP contribution in [0.15, 0.2) is 12.3 Å². The van der Waals surface area contributed by atoms with E-state index in [4.69, 9.17) is 0 Å². The summed E-state index contributed by atoms with van der Waals surface area (Å²) in [5.41, 5.74) is -0.195. The summed E-state index contributed by atoms with van der Waals surface area (Å²) in [7, 11) is 1.57. The Hall–Kier alpha value is -2.71. The molecule has 0 saturated carbocycles. The number of carbonyl (C=O) groups excluding carboxylic acids is 2. The first-order valence-corrected chi connectivity index (χ1v) is 6.36. The average Bonchev–Trinajstić information content (AvgIpc) is 2.48. The summed E-state index contributed by atoms with van der Waals surface area (Å²) < 4.78 is 0. The molecule has 112 valence electrons. The highest BCUT2D eigenvalue weighted by atomic mass is 16.6. The summed E-state index contributed by atoms with van der Waals surface area (Å²) in [4.78, 5) is 39.6. The first-order valence-electron chi connectivity index (χ1n) is 6.36. The number of nitrogens with one attached hydrogen (secondary N) is 2. The highest BCUT2D eigenvalue weighted by Crippen LogP contribution is 2.22. The van der Waals surface area contributed by atoms with Gasteiger partial charge in [0, 0.05) is 26.2 Å². The van der Waals surface area contributed by atoms with Crippen molar-refractivity contribution >= 4 is 23.3 Å². The Morgan fingerprint density at radius 1 is 1.62 bits per heavy atom. The number of pyridine rings is 1. The topological polar surface area (TPSA) is 117 Å². The largest absolute Gasteiger partial charge is 0.372 e. The molecule has 1 fully saturated rings. The van der Waals surface area contributed by atoms with E-state index in [1.165, 1.54) is 11.0 Å². The van der Waals surface area contributed by atoms with Gasteiger partial charge in [-0.1, -0.05) is 0 Å². The molecule has 0 bridgehead atoms. The van der Waals surface area contributed by atoms with Crippen LogP contribution in [0.3, 0.4) is 0 Å². The maximum absolute atomic E-state index is 12.6. The van der Waals surface area contributed by atoms with Crippen LogP contribution in [0, 0.1) is 10.1 Å². The van der Waals surface area contributed by atoms with Crippen molar-refractivity contribution in [3.8, 4) is 0 Å². The Labute approximate surface area is 120 Å². The molecule has 2 amide bonds. The fraction of sp³-hybridized carbons (Fsp3) is 0.417. The van der Waals surface area contributed by atoms with Crippen LogP contribution in [-0.2, 0) is 4.79 Å². The number of amides is 2. The van der Waals surface area contributed by atoms with Crippen LogP contribution in [0.5, 0.6) is 0 Å². The number of anilines is 1. The zero-order valence-corrected chi connectivity index (χ0v) is 11.6. The van der Waals surface area contributed by atoms with Gasteiger partial charge >= 0.3 is 0 Å². The second kappa shape index (κ2) is 5.73. The number of piperazine rings is 1. The molecule has 0 radical (unpaired) electrons. The fourth-order valence-corrected chi connectivity index (χ4v) is 2.13. The van der Waals surface area contributed by atoms with E-state index < -0.39 is 16.9 Å². The average molecular weight is 293 g/mol. The van der Waals surface area contributed by atoms with Gasteiger partial charge in [0.25, 0.3) is 11.6 Å². The molecular weight excluding hydrogens is 278 g/mol. The predicted molar refractivity (Wildman–Crippen MR) is 73.9 cm³/mol.